The van der Waals surface area contributed by atoms with Crippen LogP contribution in [0.1, 0.15) is 39.5 Å². The van der Waals surface area contributed by atoms with Gasteiger partial charge >= 0.3 is 6.03 Å². The Bertz CT molecular complexity index is 227. The van der Waals surface area contributed by atoms with Gasteiger partial charge in [-0.2, -0.15) is 0 Å². The molecule has 0 aliphatic heterocycles. The molecule has 1 unspecified atom stereocenters. The van der Waals surface area contributed by atoms with Gasteiger partial charge in [0, 0.05) is 19.7 Å². The van der Waals surface area contributed by atoms with Crippen molar-refractivity contribution in [2.75, 3.05) is 19.7 Å². The maximum Gasteiger partial charge on any atom is 0.314 e. The fraction of sp³-hybridized carbons (Fsp3) is 0.917. The summed E-state index contributed by atoms with van der Waals surface area (Å²) < 4.78 is 0. The van der Waals surface area contributed by atoms with Gasteiger partial charge in [-0.25, -0.2) is 4.79 Å². The summed E-state index contributed by atoms with van der Waals surface area (Å²) in [5, 5.41) is 14.5. The quantitative estimate of drug-likeness (QED) is 0.618. The zero-order valence-corrected chi connectivity index (χ0v) is 10.4. The predicted molar refractivity (Wildman–Crippen MR) is 64.2 cm³/mol. The largest absolute Gasteiger partial charge is 0.396 e. The van der Waals surface area contributed by atoms with Crippen LogP contribution in [0.3, 0.4) is 0 Å². The van der Waals surface area contributed by atoms with Gasteiger partial charge in [0.15, 0.2) is 0 Å². The summed E-state index contributed by atoms with van der Waals surface area (Å²) in [4.78, 5) is 11.5. The van der Waals surface area contributed by atoms with E-state index in [1.807, 2.05) is 6.92 Å². The molecule has 1 aliphatic rings. The highest BCUT2D eigenvalue weighted by molar-refractivity contribution is 5.73. The van der Waals surface area contributed by atoms with Gasteiger partial charge < -0.3 is 15.7 Å². The summed E-state index contributed by atoms with van der Waals surface area (Å²) in [6.45, 7) is 5.81. The maximum absolute atomic E-state index is 11.5. The lowest BCUT2D eigenvalue weighted by Crippen LogP contribution is -2.40. The minimum absolute atomic E-state index is 0.0792. The smallest absolute Gasteiger partial charge is 0.314 e. The number of urea groups is 1. The molecule has 0 radical (unpaired) electrons. The lowest BCUT2D eigenvalue weighted by atomic mass is 10.0. The molecular weight excluding hydrogens is 204 g/mol. The first-order valence-electron chi connectivity index (χ1n) is 6.24. The van der Waals surface area contributed by atoms with Crippen LogP contribution in [0.2, 0.25) is 0 Å². The Labute approximate surface area is 97.8 Å². The minimum Gasteiger partial charge on any atom is -0.396 e. The van der Waals surface area contributed by atoms with Crippen molar-refractivity contribution in [1.29, 1.82) is 0 Å². The van der Waals surface area contributed by atoms with Crippen molar-refractivity contribution in [3.8, 4) is 0 Å². The first kappa shape index (κ1) is 13.3. The molecule has 0 aromatic carbocycles. The molecule has 0 saturated heterocycles. The van der Waals surface area contributed by atoms with Crippen molar-refractivity contribution < 1.29 is 9.90 Å². The van der Waals surface area contributed by atoms with Crippen LogP contribution in [-0.4, -0.2) is 30.8 Å². The van der Waals surface area contributed by atoms with Crippen molar-refractivity contribution in [2.45, 2.75) is 39.5 Å². The molecule has 94 valence electrons. The molecule has 1 saturated carbocycles. The third-order valence-corrected chi connectivity index (χ3v) is 3.56. The second kappa shape index (κ2) is 6.09. The standard InChI is InChI=1S/C12H24N2O2/c1-3-12(5-6-12)9-14-11(16)13-8-10(2)4-7-15/h10,15H,3-9H2,1-2H3,(H2,13,14,16). The molecule has 1 aliphatic carbocycles. The molecule has 0 heterocycles. The molecule has 3 N–H and O–H groups in total. The van der Waals surface area contributed by atoms with E-state index in [1.165, 1.54) is 12.8 Å². The van der Waals surface area contributed by atoms with Gasteiger partial charge in [-0.1, -0.05) is 13.8 Å². The molecule has 16 heavy (non-hydrogen) atoms. The average molecular weight is 228 g/mol. The number of amides is 2. The minimum atomic E-state index is -0.0792. The maximum atomic E-state index is 11.5. The Hall–Kier alpha value is -0.770. The summed E-state index contributed by atoms with van der Waals surface area (Å²) in [6.07, 6.45) is 4.36. The Kier molecular flexibility index (Phi) is 5.06. The van der Waals surface area contributed by atoms with Gasteiger partial charge in [-0.15, -0.1) is 0 Å². The highest BCUT2D eigenvalue weighted by Gasteiger charge is 2.40. The van der Waals surface area contributed by atoms with Crippen molar-refractivity contribution in [3.05, 3.63) is 0 Å². The third kappa shape index (κ3) is 4.39. The van der Waals surface area contributed by atoms with Crippen LogP contribution < -0.4 is 10.6 Å². The van der Waals surface area contributed by atoms with Gasteiger partial charge in [0.1, 0.15) is 0 Å². The molecule has 4 nitrogen and oxygen atoms in total. The molecule has 0 spiro atoms. The van der Waals surface area contributed by atoms with Gasteiger partial charge in [-0.05, 0) is 37.0 Å². The summed E-state index contributed by atoms with van der Waals surface area (Å²) >= 11 is 0. The Balaban J connectivity index is 2.07. The molecule has 4 heteroatoms. The molecule has 0 aromatic heterocycles. The van der Waals surface area contributed by atoms with E-state index in [-0.39, 0.29) is 12.6 Å². The molecule has 0 bridgehead atoms. The Morgan fingerprint density at radius 1 is 1.44 bits per heavy atom. The van der Waals surface area contributed by atoms with Crippen LogP contribution in [0.4, 0.5) is 4.79 Å². The molecular formula is C12H24N2O2. The number of nitrogens with one attached hydrogen (secondary N) is 2. The van der Waals surface area contributed by atoms with E-state index in [1.54, 1.807) is 0 Å². The second-order valence-corrected chi connectivity index (χ2v) is 5.03. The van der Waals surface area contributed by atoms with Gasteiger partial charge in [0.05, 0.1) is 0 Å². The van der Waals surface area contributed by atoms with Gasteiger partial charge in [0.25, 0.3) is 0 Å². The summed E-state index contributed by atoms with van der Waals surface area (Å²) in [5.41, 5.74) is 0.397. The van der Waals surface area contributed by atoms with Gasteiger partial charge in [-0.3, -0.25) is 0 Å². The van der Waals surface area contributed by atoms with E-state index in [2.05, 4.69) is 17.6 Å². The van der Waals surface area contributed by atoms with E-state index < -0.39 is 0 Å². The number of carbonyl (C=O) groups excluding carboxylic acids is 1. The van der Waals surface area contributed by atoms with E-state index in [4.69, 9.17) is 5.11 Å². The zero-order valence-electron chi connectivity index (χ0n) is 10.4. The first-order valence-corrected chi connectivity index (χ1v) is 6.24. The van der Waals surface area contributed by atoms with Crippen LogP contribution >= 0.6 is 0 Å². The number of hydrogen-bond acceptors (Lipinski definition) is 2. The zero-order chi connectivity index (χ0) is 12.0. The summed E-state index contributed by atoms with van der Waals surface area (Å²) in [6, 6.07) is -0.0792. The van der Waals surface area contributed by atoms with Crippen molar-refractivity contribution in [3.63, 3.8) is 0 Å². The van der Waals surface area contributed by atoms with E-state index in [0.717, 1.165) is 19.4 Å². The van der Waals surface area contributed by atoms with Crippen molar-refractivity contribution in [1.82, 2.24) is 10.6 Å². The lowest BCUT2D eigenvalue weighted by molar-refractivity contribution is 0.231. The van der Waals surface area contributed by atoms with Crippen LogP contribution in [0.25, 0.3) is 0 Å². The molecule has 2 amide bonds. The summed E-state index contributed by atoms with van der Waals surface area (Å²) in [7, 11) is 0. The van der Waals surface area contributed by atoms with E-state index in [0.29, 0.717) is 17.9 Å². The van der Waals surface area contributed by atoms with Gasteiger partial charge in [0.2, 0.25) is 0 Å². The molecule has 0 aromatic rings. The summed E-state index contributed by atoms with van der Waals surface area (Å²) in [5.74, 6) is 0.330. The molecule has 1 rings (SSSR count). The highest BCUT2D eigenvalue weighted by Crippen LogP contribution is 2.47. The molecule has 1 atom stereocenters. The fourth-order valence-corrected chi connectivity index (χ4v) is 1.75. The fourth-order valence-electron chi connectivity index (χ4n) is 1.75. The van der Waals surface area contributed by atoms with E-state index >= 15 is 0 Å². The van der Waals surface area contributed by atoms with Crippen molar-refractivity contribution in [2.24, 2.45) is 11.3 Å². The number of carbonyl (C=O) groups is 1. The van der Waals surface area contributed by atoms with Crippen LogP contribution in [0.15, 0.2) is 0 Å². The van der Waals surface area contributed by atoms with Crippen LogP contribution in [0, 0.1) is 11.3 Å². The molecule has 1 fully saturated rings. The number of aliphatic hydroxyl groups excluding tert-OH is 1. The van der Waals surface area contributed by atoms with E-state index in [9.17, 15) is 4.79 Å². The monoisotopic (exact) mass is 228 g/mol. The topological polar surface area (TPSA) is 61.4 Å². The normalized spacial score (nSPS) is 18.9. The number of hydrogen-bond donors (Lipinski definition) is 3. The first-order chi connectivity index (χ1) is 7.62. The SMILES string of the molecule is CCC1(CNC(=O)NCC(C)CCO)CC1. The third-order valence-electron chi connectivity index (χ3n) is 3.56. The number of rotatable bonds is 7. The lowest BCUT2D eigenvalue weighted by Gasteiger charge is -2.15. The highest BCUT2D eigenvalue weighted by atomic mass is 16.3. The average Bonchev–Trinajstić information content (AvgIpc) is 3.05. The number of aliphatic hydroxyl groups is 1. The second-order valence-electron chi connectivity index (χ2n) is 5.03. The van der Waals surface area contributed by atoms with Crippen LogP contribution in [0.5, 0.6) is 0 Å². The Morgan fingerprint density at radius 3 is 2.62 bits per heavy atom. The van der Waals surface area contributed by atoms with Crippen molar-refractivity contribution >= 4 is 6.03 Å². The Morgan fingerprint density at radius 2 is 2.12 bits per heavy atom. The van der Waals surface area contributed by atoms with Crippen LogP contribution in [-0.2, 0) is 0 Å². The predicted octanol–water partition coefficient (Wildman–Crippen LogP) is 1.49.